The van der Waals surface area contributed by atoms with Gasteiger partial charge < -0.3 is 25.2 Å². The molecule has 126 valence electrons. The largest absolute Gasteiger partial charge is 0.394 e. The van der Waals surface area contributed by atoms with Crippen molar-refractivity contribution in [1.29, 1.82) is 0 Å². The second kappa shape index (κ2) is 7.39. The molecule has 2 rings (SSSR count). The van der Waals surface area contributed by atoms with Gasteiger partial charge in [0.15, 0.2) is 6.23 Å². The number of non-ortho nitro benzene ring substituents is 1. The number of nitrogens with zero attached hydrogens (tertiary/aromatic N) is 3. The lowest BCUT2D eigenvalue weighted by Gasteiger charge is -2.37. The summed E-state index contributed by atoms with van der Waals surface area (Å²) in [6, 6.07) is 5.35. The summed E-state index contributed by atoms with van der Waals surface area (Å²) in [5, 5.41) is 55.7. The zero-order valence-corrected chi connectivity index (χ0v) is 11.8. The van der Waals surface area contributed by atoms with E-state index in [1.807, 2.05) is 0 Å². The number of nitrogens with one attached hydrogen (secondary N) is 1. The molecule has 0 aliphatic carbocycles. The van der Waals surface area contributed by atoms with Crippen LogP contribution in [0.4, 0.5) is 11.4 Å². The maximum atomic E-state index is 10.5. The van der Waals surface area contributed by atoms with Gasteiger partial charge >= 0.3 is 0 Å². The minimum atomic E-state index is -1.54. The van der Waals surface area contributed by atoms with Crippen molar-refractivity contribution >= 4 is 11.4 Å². The summed E-state index contributed by atoms with van der Waals surface area (Å²) in [7, 11) is 0. The van der Waals surface area contributed by atoms with Crippen molar-refractivity contribution in [2.75, 3.05) is 12.0 Å². The Labute approximate surface area is 130 Å². The molecule has 5 atom stereocenters. The summed E-state index contributed by atoms with van der Waals surface area (Å²) in [6.45, 7) is -0.563. The second-order valence-corrected chi connectivity index (χ2v) is 4.85. The number of rotatable bonds is 5. The Hall–Kier alpha value is -2.18. The summed E-state index contributed by atoms with van der Waals surface area (Å²) >= 11 is 0. The van der Waals surface area contributed by atoms with Crippen LogP contribution in [0.3, 0.4) is 0 Å². The average Bonchev–Trinajstić information content (AvgIpc) is 2.55. The van der Waals surface area contributed by atoms with E-state index in [1.54, 1.807) is 0 Å². The molecule has 0 spiro atoms. The van der Waals surface area contributed by atoms with Crippen LogP contribution in [0, 0.1) is 10.1 Å². The van der Waals surface area contributed by atoms with Crippen LogP contribution in [-0.4, -0.2) is 62.6 Å². The van der Waals surface area contributed by atoms with Gasteiger partial charge in [-0.15, -0.1) is 5.11 Å². The van der Waals surface area contributed by atoms with E-state index in [1.165, 1.54) is 24.3 Å². The lowest BCUT2D eigenvalue weighted by atomic mass is 9.99. The Morgan fingerprint density at radius 1 is 1.17 bits per heavy atom. The predicted molar refractivity (Wildman–Crippen MR) is 75.3 cm³/mol. The monoisotopic (exact) mass is 328 g/mol. The van der Waals surface area contributed by atoms with Crippen LogP contribution in [-0.2, 0) is 4.74 Å². The van der Waals surface area contributed by atoms with Crippen molar-refractivity contribution in [3.8, 4) is 0 Å². The van der Waals surface area contributed by atoms with E-state index in [0.717, 1.165) is 0 Å². The highest BCUT2D eigenvalue weighted by Gasteiger charge is 2.43. The van der Waals surface area contributed by atoms with Crippen molar-refractivity contribution in [2.24, 2.45) is 10.3 Å². The van der Waals surface area contributed by atoms with Gasteiger partial charge in [0, 0.05) is 12.1 Å². The zero-order valence-electron chi connectivity index (χ0n) is 11.8. The molecule has 1 aromatic rings. The molecule has 0 saturated carbocycles. The van der Waals surface area contributed by atoms with Crippen LogP contribution < -0.4 is 5.43 Å². The van der Waals surface area contributed by atoms with Crippen LogP contribution in [0.5, 0.6) is 0 Å². The van der Waals surface area contributed by atoms with Gasteiger partial charge in [0.1, 0.15) is 24.4 Å². The number of hydrogen-bond acceptors (Lipinski definition) is 9. The van der Waals surface area contributed by atoms with Crippen LogP contribution >= 0.6 is 0 Å². The number of anilines is 1. The third-order valence-corrected chi connectivity index (χ3v) is 3.30. The van der Waals surface area contributed by atoms with Gasteiger partial charge in [-0.05, 0) is 12.1 Å². The van der Waals surface area contributed by atoms with Crippen LogP contribution in [0.25, 0.3) is 0 Å². The highest BCUT2D eigenvalue weighted by molar-refractivity contribution is 5.47. The van der Waals surface area contributed by atoms with Gasteiger partial charge in [-0.3, -0.25) is 15.5 Å². The number of hydrogen-bond donors (Lipinski definition) is 5. The molecular weight excluding hydrogens is 312 g/mol. The smallest absolute Gasteiger partial charge is 0.269 e. The molecule has 1 aliphatic rings. The number of benzene rings is 1. The van der Waals surface area contributed by atoms with Gasteiger partial charge in [0.05, 0.1) is 17.2 Å². The Bertz CT molecular complexity index is 565. The summed E-state index contributed by atoms with van der Waals surface area (Å²) in [5.41, 5.74) is 2.80. The standard InChI is InChI=1S/C12H16N4O7/c17-5-8-9(18)10(19)11(20)12(23-8)14-15-13-6-1-3-7(4-2-6)16(21)22/h1-4,8-12,17-20H,5H2,(H,13,14)/t8-,9-,10+,11-,12-/m1/s1. The van der Waals surface area contributed by atoms with Crippen molar-refractivity contribution in [1.82, 2.24) is 0 Å². The van der Waals surface area contributed by atoms with E-state index in [2.05, 4.69) is 15.8 Å². The van der Waals surface area contributed by atoms with E-state index in [4.69, 9.17) is 9.84 Å². The first-order valence-corrected chi connectivity index (χ1v) is 6.65. The van der Waals surface area contributed by atoms with E-state index in [9.17, 15) is 25.4 Å². The Morgan fingerprint density at radius 3 is 2.39 bits per heavy atom. The van der Waals surface area contributed by atoms with Crippen LogP contribution in [0.1, 0.15) is 0 Å². The molecule has 11 heteroatoms. The maximum absolute atomic E-state index is 10.5. The van der Waals surface area contributed by atoms with Crippen LogP contribution in [0.15, 0.2) is 34.6 Å². The van der Waals surface area contributed by atoms with Crippen molar-refractivity contribution < 1.29 is 30.1 Å². The third kappa shape index (κ3) is 3.97. The Balaban J connectivity index is 1.97. The minimum Gasteiger partial charge on any atom is -0.394 e. The highest BCUT2D eigenvalue weighted by Crippen LogP contribution is 2.22. The normalized spacial score (nSPS) is 31.2. The molecule has 5 N–H and O–H groups in total. The molecule has 1 heterocycles. The van der Waals surface area contributed by atoms with Gasteiger partial charge in [-0.1, -0.05) is 5.22 Å². The van der Waals surface area contributed by atoms with Crippen LogP contribution in [0.2, 0.25) is 0 Å². The molecule has 0 aromatic heterocycles. The summed E-state index contributed by atoms with van der Waals surface area (Å²) in [4.78, 5) is 9.98. The zero-order chi connectivity index (χ0) is 17.0. The minimum absolute atomic E-state index is 0.0820. The lowest BCUT2D eigenvalue weighted by molar-refractivity contribution is -0.384. The Kier molecular flexibility index (Phi) is 5.52. The second-order valence-electron chi connectivity index (χ2n) is 4.85. The number of aliphatic hydroxyl groups is 4. The summed E-state index contributed by atoms with van der Waals surface area (Å²) in [6.07, 6.45) is -6.88. The first-order chi connectivity index (χ1) is 10.9. The number of aliphatic hydroxyl groups excluding tert-OH is 4. The molecule has 1 aliphatic heterocycles. The Morgan fingerprint density at radius 2 is 1.83 bits per heavy atom. The summed E-state index contributed by atoms with van der Waals surface area (Å²) in [5.74, 6) is 0. The van der Waals surface area contributed by atoms with Gasteiger partial charge in [-0.25, -0.2) is 0 Å². The highest BCUT2D eigenvalue weighted by atomic mass is 16.6. The maximum Gasteiger partial charge on any atom is 0.269 e. The van der Waals surface area contributed by atoms with Crippen molar-refractivity contribution in [3.63, 3.8) is 0 Å². The van der Waals surface area contributed by atoms with E-state index in [0.29, 0.717) is 5.69 Å². The number of ether oxygens (including phenoxy) is 1. The fourth-order valence-corrected chi connectivity index (χ4v) is 1.98. The van der Waals surface area contributed by atoms with Gasteiger partial charge in [-0.2, -0.15) is 0 Å². The quantitative estimate of drug-likeness (QED) is 0.265. The molecule has 1 saturated heterocycles. The fraction of sp³-hybridized carbons (Fsp3) is 0.500. The third-order valence-electron chi connectivity index (χ3n) is 3.30. The topological polar surface area (TPSA) is 170 Å². The van der Waals surface area contributed by atoms with E-state index >= 15 is 0 Å². The first kappa shape index (κ1) is 17.2. The lowest BCUT2D eigenvalue weighted by Crippen LogP contribution is -2.57. The predicted octanol–water partition coefficient (Wildman–Crippen LogP) is -0.826. The fourth-order valence-electron chi connectivity index (χ4n) is 1.98. The number of nitro benzene ring substituents is 1. The van der Waals surface area contributed by atoms with Crippen molar-refractivity contribution in [3.05, 3.63) is 34.4 Å². The first-order valence-electron chi connectivity index (χ1n) is 6.65. The van der Waals surface area contributed by atoms with E-state index < -0.39 is 42.2 Å². The molecule has 1 aromatic carbocycles. The molecular formula is C12H16N4O7. The molecule has 0 unspecified atom stereocenters. The number of nitro groups is 1. The SMILES string of the molecule is O=[N+]([O-])c1ccc(N/N=N\[C@@H]2O[C@H](CO)[C@@H](O)[C@H](O)[C@H]2O)cc1. The molecule has 0 bridgehead atoms. The van der Waals surface area contributed by atoms with Gasteiger partial charge in [0.25, 0.3) is 5.69 Å². The van der Waals surface area contributed by atoms with E-state index in [-0.39, 0.29) is 5.69 Å². The summed E-state index contributed by atoms with van der Waals surface area (Å²) < 4.78 is 5.12. The molecule has 0 radical (unpaired) electrons. The molecule has 0 amide bonds. The average molecular weight is 328 g/mol. The molecule has 1 fully saturated rings. The van der Waals surface area contributed by atoms with Crippen molar-refractivity contribution in [2.45, 2.75) is 30.6 Å². The van der Waals surface area contributed by atoms with Gasteiger partial charge in [0.2, 0.25) is 0 Å². The molecule has 11 nitrogen and oxygen atoms in total. The molecule has 23 heavy (non-hydrogen) atoms.